The van der Waals surface area contributed by atoms with E-state index in [1.54, 1.807) is 19.1 Å². The number of hydrogen-bond acceptors (Lipinski definition) is 4. The van der Waals surface area contributed by atoms with E-state index >= 15 is 0 Å². The predicted molar refractivity (Wildman–Crippen MR) is 91.4 cm³/mol. The molecule has 0 aliphatic carbocycles. The summed E-state index contributed by atoms with van der Waals surface area (Å²) in [6.07, 6.45) is -1.16. The van der Waals surface area contributed by atoms with E-state index in [4.69, 9.17) is 10.00 Å². The molecule has 1 fully saturated rings. The quantitative estimate of drug-likeness (QED) is 0.853. The minimum atomic E-state index is -0.685. The van der Waals surface area contributed by atoms with Crippen LogP contribution in [0.1, 0.15) is 36.5 Å². The van der Waals surface area contributed by atoms with Crippen LogP contribution in [0.3, 0.4) is 0 Å². The highest BCUT2D eigenvalue weighted by Gasteiger charge is 2.45. The average Bonchev–Trinajstić information content (AvgIpc) is 2.95. The lowest BCUT2D eigenvalue weighted by atomic mass is 9.94. The van der Waals surface area contributed by atoms with Gasteiger partial charge in [-0.05, 0) is 18.1 Å². The molecule has 126 valence electrons. The van der Waals surface area contributed by atoms with E-state index in [0.29, 0.717) is 0 Å². The van der Waals surface area contributed by atoms with Gasteiger partial charge in [0.2, 0.25) is 5.91 Å². The number of ether oxygens (including phenoxy) is 1. The third-order valence-electron chi connectivity index (χ3n) is 4.43. The van der Waals surface area contributed by atoms with Gasteiger partial charge in [0.05, 0.1) is 24.4 Å². The Kier molecular flexibility index (Phi) is 4.80. The minimum absolute atomic E-state index is 0.00928. The number of benzene rings is 2. The van der Waals surface area contributed by atoms with Crippen LogP contribution in [0.25, 0.3) is 0 Å². The first-order valence-electron chi connectivity index (χ1n) is 8.14. The molecule has 3 rings (SSSR count). The van der Waals surface area contributed by atoms with Crippen molar-refractivity contribution in [2.45, 2.75) is 31.4 Å². The molecule has 5 heteroatoms. The van der Waals surface area contributed by atoms with Crippen molar-refractivity contribution in [1.29, 1.82) is 5.26 Å². The number of nitriles is 1. The molecule has 1 aliphatic heterocycles. The normalized spacial score (nSPS) is 20.6. The van der Waals surface area contributed by atoms with Gasteiger partial charge in [-0.2, -0.15) is 5.26 Å². The Labute approximate surface area is 146 Å². The number of imide groups is 1. The average molecular weight is 334 g/mol. The molecule has 1 saturated heterocycles. The summed E-state index contributed by atoms with van der Waals surface area (Å²) in [6, 6.07) is 20.0. The molecule has 0 N–H and O–H groups in total. The van der Waals surface area contributed by atoms with Crippen LogP contribution in [-0.2, 0) is 9.53 Å². The van der Waals surface area contributed by atoms with Crippen molar-refractivity contribution in [2.24, 2.45) is 0 Å². The van der Waals surface area contributed by atoms with E-state index in [1.807, 2.05) is 54.6 Å². The number of carbonyl (C=O) groups is 2. The Bertz CT molecular complexity index is 799. The SMILES string of the molecule is C[C@H]1[C@@H](c2ccccc2)OC(=O)N1C(=O)[C@H](CC#N)c1ccccc1. The summed E-state index contributed by atoms with van der Waals surface area (Å²) < 4.78 is 5.44. The minimum Gasteiger partial charge on any atom is -0.439 e. The number of cyclic esters (lactones) is 1. The zero-order valence-electron chi connectivity index (χ0n) is 13.8. The summed E-state index contributed by atoms with van der Waals surface area (Å²) in [5.74, 6) is -1.08. The number of nitrogens with zero attached hydrogens (tertiary/aromatic N) is 2. The molecule has 25 heavy (non-hydrogen) atoms. The Hall–Kier alpha value is -3.13. The summed E-state index contributed by atoms with van der Waals surface area (Å²) in [5, 5.41) is 9.11. The predicted octanol–water partition coefficient (Wildman–Crippen LogP) is 3.79. The number of hydrogen-bond donors (Lipinski definition) is 0. The monoisotopic (exact) mass is 334 g/mol. The van der Waals surface area contributed by atoms with Gasteiger partial charge in [0.15, 0.2) is 0 Å². The molecule has 1 heterocycles. The zero-order chi connectivity index (χ0) is 17.8. The van der Waals surface area contributed by atoms with Gasteiger partial charge in [-0.1, -0.05) is 60.7 Å². The van der Waals surface area contributed by atoms with Crippen molar-refractivity contribution in [1.82, 2.24) is 4.90 Å². The summed E-state index contributed by atoms with van der Waals surface area (Å²) in [4.78, 5) is 26.5. The van der Waals surface area contributed by atoms with E-state index in [-0.39, 0.29) is 6.42 Å². The Morgan fingerprint density at radius 2 is 1.76 bits per heavy atom. The number of rotatable bonds is 4. The Balaban J connectivity index is 1.88. The molecule has 0 radical (unpaired) electrons. The Morgan fingerprint density at radius 3 is 2.36 bits per heavy atom. The highest BCUT2D eigenvalue weighted by Crippen LogP contribution is 2.35. The summed E-state index contributed by atoms with van der Waals surface area (Å²) in [7, 11) is 0. The van der Waals surface area contributed by atoms with E-state index < -0.39 is 30.1 Å². The first-order valence-corrected chi connectivity index (χ1v) is 8.14. The van der Waals surface area contributed by atoms with Crippen molar-refractivity contribution in [3.63, 3.8) is 0 Å². The van der Waals surface area contributed by atoms with E-state index in [2.05, 4.69) is 0 Å². The zero-order valence-corrected chi connectivity index (χ0v) is 13.8. The third kappa shape index (κ3) is 3.24. The lowest BCUT2D eigenvalue weighted by Crippen LogP contribution is -2.40. The van der Waals surface area contributed by atoms with Gasteiger partial charge >= 0.3 is 6.09 Å². The molecule has 2 aromatic rings. The summed E-state index contributed by atoms with van der Waals surface area (Å²) in [5.41, 5.74) is 1.56. The van der Waals surface area contributed by atoms with Gasteiger partial charge in [0.1, 0.15) is 6.10 Å². The summed E-state index contributed by atoms with van der Waals surface area (Å²) >= 11 is 0. The molecule has 2 aromatic carbocycles. The van der Waals surface area contributed by atoms with Crippen LogP contribution in [0, 0.1) is 11.3 Å². The van der Waals surface area contributed by atoms with Crippen molar-refractivity contribution in [3.8, 4) is 6.07 Å². The molecular weight excluding hydrogens is 316 g/mol. The maximum absolute atomic E-state index is 13.0. The second-order valence-electron chi connectivity index (χ2n) is 5.99. The molecule has 0 unspecified atom stereocenters. The van der Waals surface area contributed by atoms with Gasteiger partial charge in [-0.3, -0.25) is 4.79 Å². The lowest BCUT2D eigenvalue weighted by molar-refractivity contribution is -0.130. The van der Waals surface area contributed by atoms with E-state index in [1.165, 1.54) is 0 Å². The second-order valence-corrected chi connectivity index (χ2v) is 5.99. The van der Waals surface area contributed by atoms with Gasteiger partial charge in [0, 0.05) is 0 Å². The topological polar surface area (TPSA) is 70.4 Å². The van der Waals surface area contributed by atoms with Crippen LogP contribution >= 0.6 is 0 Å². The van der Waals surface area contributed by atoms with Crippen LogP contribution in [0.15, 0.2) is 60.7 Å². The molecule has 1 aliphatic rings. The summed E-state index contributed by atoms with van der Waals surface area (Å²) in [6.45, 7) is 1.79. The maximum Gasteiger partial charge on any atom is 0.417 e. The molecule has 5 nitrogen and oxygen atoms in total. The lowest BCUT2D eigenvalue weighted by Gasteiger charge is -2.23. The van der Waals surface area contributed by atoms with Crippen LogP contribution in [0.2, 0.25) is 0 Å². The largest absolute Gasteiger partial charge is 0.439 e. The van der Waals surface area contributed by atoms with Crippen molar-refractivity contribution < 1.29 is 14.3 Å². The van der Waals surface area contributed by atoms with Crippen LogP contribution in [0.4, 0.5) is 4.79 Å². The maximum atomic E-state index is 13.0. The number of amides is 2. The van der Waals surface area contributed by atoms with Crippen LogP contribution in [0.5, 0.6) is 0 Å². The van der Waals surface area contributed by atoms with Crippen molar-refractivity contribution >= 4 is 12.0 Å². The molecule has 0 spiro atoms. The van der Waals surface area contributed by atoms with Gasteiger partial charge in [-0.15, -0.1) is 0 Å². The molecule has 0 saturated carbocycles. The fourth-order valence-electron chi connectivity index (χ4n) is 3.14. The third-order valence-corrected chi connectivity index (χ3v) is 4.43. The highest BCUT2D eigenvalue weighted by molar-refractivity contribution is 5.97. The second kappa shape index (κ2) is 7.18. The van der Waals surface area contributed by atoms with Crippen LogP contribution in [-0.4, -0.2) is 22.9 Å². The fraction of sp³-hybridized carbons (Fsp3) is 0.250. The smallest absolute Gasteiger partial charge is 0.417 e. The van der Waals surface area contributed by atoms with Gasteiger partial charge < -0.3 is 4.74 Å². The molecule has 2 amide bonds. The van der Waals surface area contributed by atoms with E-state index in [0.717, 1.165) is 16.0 Å². The Morgan fingerprint density at radius 1 is 1.16 bits per heavy atom. The first kappa shape index (κ1) is 16.7. The standard InChI is InChI=1S/C20H18N2O3/c1-14-18(16-10-6-3-7-11-16)25-20(24)22(14)19(23)17(12-13-21)15-8-4-2-5-9-15/h2-11,14,17-18H,12H2,1H3/t14-,17+,18-/m0/s1. The molecular formula is C20H18N2O3. The van der Waals surface area contributed by atoms with Gasteiger partial charge in [0.25, 0.3) is 0 Å². The number of carbonyl (C=O) groups excluding carboxylic acids is 2. The highest BCUT2D eigenvalue weighted by atomic mass is 16.6. The van der Waals surface area contributed by atoms with Crippen molar-refractivity contribution in [3.05, 3.63) is 71.8 Å². The van der Waals surface area contributed by atoms with Gasteiger partial charge in [-0.25, -0.2) is 9.69 Å². The van der Waals surface area contributed by atoms with Crippen LogP contribution < -0.4 is 0 Å². The molecule has 0 aromatic heterocycles. The molecule has 3 atom stereocenters. The molecule has 0 bridgehead atoms. The van der Waals surface area contributed by atoms with Crippen molar-refractivity contribution in [2.75, 3.05) is 0 Å². The first-order chi connectivity index (χ1) is 12.1. The fourth-order valence-corrected chi connectivity index (χ4v) is 3.14. The van der Waals surface area contributed by atoms with E-state index in [9.17, 15) is 9.59 Å².